The molecule has 0 aliphatic carbocycles. The van der Waals surface area contributed by atoms with Crippen LogP contribution in [0.2, 0.25) is 0 Å². The molecule has 2 N–H and O–H groups in total. The Hall–Kier alpha value is -2.26. The molecule has 0 aromatic heterocycles. The number of cyclic esters (lactones) is 1. The van der Waals surface area contributed by atoms with Crippen molar-refractivity contribution in [2.45, 2.75) is 149 Å². The zero-order valence-electron chi connectivity index (χ0n) is 32.1. The molecule has 3 saturated heterocycles. The van der Waals surface area contributed by atoms with Gasteiger partial charge in [-0.15, -0.1) is 0 Å². The molecule has 3 aliphatic rings. The molecule has 13 nitrogen and oxygen atoms in total. The fourth-order valence-corrected chi connectivity index (χ4v) is 8.05. The first-order valence-electron chi connectivity index (χ1n) is 17.9. The number of esters is 2. The van der Waals surface area contributed by atoms with Crippen LogP contribution in [-0.2, 0) is 42.8 Å². The third-order valence-corrected chi connectivity index (χ3v) is 10.7. The van der Waals surface area contributed by atoms with E-state index in [4.69, 9.17) is 28.4 Å². The van der Waals surface area contributed by atoms with E-state index in [2.05, 4.69) is 11.6 Å². The number of ether oxygens (including phenoxy) is 6. The van der Waals surface area contributed by atoms with Crippen molar-refractivity contribution < 1.29 is 53.0 Å². The van der Waals surface area contributed by atoms with E-state index in [1.54, 1.807) is 27.7 Å². The van der Waals surface area contributed by atoms with Gasteiger partial charge in [-0.05, 0) is 72.5 Å². The average molecular weight is 711 g/mol. The van der Waals surface area contributed by atoms with Gasteiger partial charge < -0.3 is 43.5 Å². The number of hydrogen-bond acceptors (Lipinski definition) is 12. The van der Waals surface area contributed by atoms with Crippen molar-refractivity contribution in [1.82, 2.24) is 4.90 Å². The summed E-state index contributed by atoms with van der Waals surface area (Å²) in [6, 6.07) is -0.247. The van der Waals surface area contributed by atoms with Crippen LogP contribution >= 0.6 is 0 Å². The summed E-state index contributed by atoms with van der Waals surface area (Å²) in [6.45, 7) is 21.1. The number of rotatable bonds is 5. The average Bonchev–Trinajstić information content (AvgIpc) is 3.03. The Morgan fingerprint density at radius 2 is 1.72 bits per heavy atom. The van der Waals surface area contributed by atoms with E-state index in [-0.39, 0.29) is 38.2 Å². The van der Waals surface area contributed by atoms with Gasteiger partial charge in [0.2, 0.25) is 5.91 Å². The van der Waals surface area contributed by atoms with Crippen LogP contribution in [0.25, 0.3) is 0 Å². The Labute approximate surface area is 298 Å². The molecule has 2 bridgehead atoms. The molecule has 3 aliphatic heterocycles. The summed E-state index contributed by atoms with van der Waals surface area (Å²) >= 11 is 0. The first-order valence-corrected chi connectivity index (χ1v) is 17.9. The maximum absolute atomic E-state index is 13.8. The van der Waals surface area contributed by atoms with Crippen LogP contribution in [0.3, 0.4) is 0 Å². The fraction of sp³-hybridized carbons (Fsp3) is 0.838. The second kappa shape index (κ2) is 17.0. The van der Waals surface area contributed by atoms with Crippen LogP contribution in [0.5, 0.6) is 0 Å². The highest BCUT2D eigenvalue weighted by molar-refractivity contribution is 5.97. The lowest BCUT2D eigenvalue weighted by Gasteiger charge is -2.49. The predicted molar refractivity (Wildman–Crippen MR) is 186 cm³/mol. The number of amides is 1. The van der Waals surface area contributed by atoms with Crippen molar-refractivity contribution in [3.05, 3.63) is 12.2 Å². The van der Waals surface area contributed by atoms with E-state index in [0.29, 0.717) is 17.7 Å². The Bertz CT molecular complexity index is 1250. The summed E-state index contributed by atoms with van der Waals surface area (Å²) in [5, 5.41) is 24.1. The first kappa shape index (κ1) is 42.2. The third-order valence-electron chi connectivity index (χ3n) is 10.7. The lowest BCUT2D eigenvalue weighted by molar-refractivity contribution is -0.304. The van der Waals surface area contributed by atoms with Crippen LogP contribution in [-0.4, -0.2) is 126 Å². The van der Waals surface area contributed by atoms with Gasteiger partial charge in [0, 0.05) is 31.4 Å². The van der Waals surface area contributed by atoms with Gasteiger partial charge in [-0.3, -0.25) is 14.4 Å². The minimum absolute atomic E-state index is 0.00422. The summed E-state index contributed by atoms with van der Waals surface area (Å²) in [6.07, 6.45) is -5.38. The quantitative estimate of drug-likeness (QED) is 0.316. The topological polar surface area (TPSA) is 163 Å². The van der Waals surface area contributed by atoms with Crippen LogP contribution in [0.15, 0.2) is 17.1 Å². The fourth-order valence-electron chi connectivity index (χ4n) is 8.05. The van der Waals surface area contributed by atoms with Crippen molar-refractivity contribution >= 4 is 23.6 Å². The number of aliphatic hydroxyl groups is 2. The standard InChI is InChI=1S/C37H62N2O11/c1-14-28-37(11,44)33-22(5)29(38-25(8)40)20(3)16-36(10,46-18-19(2)17-45-33)32(23(6)30(42)24(7)34(43)49-28)50-35-31(48-26(9)41)27(39(12)13)15-21(4)47-35/h20-24,27-28,30-33,35,42,44H,2,14-18H2,1,3-13H3/b38-29+/t20-,21-,22+,23+,24-,27+,28-,30+,31-,32-,33-,35+,36-,37-/m1/s1. The highest BCUT2D eigenvalue weighted by Crippen LogP contribution is 2.41. The van der Waals surface area contributed by atoms with E-state index in [1.807, 2.05) is 46.7 Å². The Kier molecular flexibility index (Phi) is 14.4. The molecular weight excluding hydrogens is 648 g/mol. The van der Waals surface area contributed by atoms with Gasteiger partial charge >= 0.3 is 11.9 Å². The summed E-state index contributed by atoms with van der Waals surface area (Å²) < 4.78 is 38.2. The number of likely N-dealkylation sites (N-methyl/N-ethyl adjacent to an activating group) is 1. The molecule has 3 heterocycles. The first-order chi connectivity index (χ1) is 23.1. The minimum Gasteiger partial charge on any atom is -0.459 e. The number of carbonyl (C=O) groups is 3. The molecular formula is C37H62N2O11. The third kappa shape index (κ3) is 9.58. The van der Waals surface area contributed by atoms with Gasteiger partial charge in [-0.2, -0.15) is 0 Å². The lowest BCUT2D eigenvalue weighted by atomic mass is 9.73. The molecule has 14 atom stereocenters. The normalized spacial score (nSPS) is 43.4. The Balaban J connectivity index is 2.31. The van der Waals surface area contributed by atoms with E-state index < -0.39 is 89.5 Å². The van der Waals surface area contributed by atoms with Crippen molar-refractivity contribution in [2.24, 2.45) is 28.7 Å². The van der Waals surface area contributed by atoms with Crippen LogP contribution < -0.4 is 0 Å². The molecule has 13 heteroatoms. The number of hydrogen-bond donors (Lipinski definition) is 2. The van der Waals surface area contributed by atoms with Gasteiger partial charge in [0.15, 0.2) is 12.4 Å². The smallest absolute Gasteiger partial charge is 0.311 e. The molecule has 0 radical (unpaired) electrons. The van der Waals surface area contributed by atoms with E-state index in [0.717, 1.165) is 0 Å². The molecule has 286 valence electrons. The highest BCUT2D eigenvalue weighted by Gasteiger charge is 2.53. The molecule has 3 rings (SSSR count). The van der Waals surface area contributed by atoms with Gasteiger partial charge in [-0.1, -0.05) is 34.3 Å². The summed E-state index contributed by atoms with van der Waals surface area (Å²) in [5.74, 6) is -4.51. The highest BCUT2D eigenvalue weighted by atomic mass is 16.7. The van der Waals surface area contributed by atoms with E-state index in [1.165, 1.54) is 13.8 Å². The minimum atomic E-state index is -1.73. The largest absolute Gasteiger partial charge is 0.459 e. The second-order valence-electron chi connectivity index (χ2n) is 15.4. The number of aliphatic imine (C=N–C) groups is 1. The zero-order chi connectivity index (χ0) is 37.9. The van der Waals surface area contributed by atoms with Crippen LogP contribution in [0.4, 0.5) is 0 Å². The van der Waals surface area contributed by atoms with Crippen LogP contribution in [0.1, 0.15) is 88.5 Å². The summed E-state index contributed by atoms with van der Waals surface area (Å²) in [4.78, 5) is 45.2. The monoisotopic (exact) mass is 710 g/mol. The van der Waals surface area contributed by atoms with Gasteiger partial charge in [0.05, 0.1) is 55.2 Å². The van der Waals surface area contributed by atoms with Gasteiger partial charge in [0.1, 0.15) is 11.7 Å². The van der Waals surface area contributed by atoms with Gasteiger partial charge in [-0.25, -0.2) is 4.99 Å². The van der Waals surface area contributed by atoms with E-state index >= 15 is 0 Å². The lowest BCUT2D eigenvalue weighted by Crippen LogP contribution is -2.61. The maximum Gasteiger partial charge on any atom is 0.311 e. The molecule has 1 amide bonds. The van der Waals surface area contributed by atoms with Crippen molar-refractivity contribution in [1.29, 1.82) is 0 Å². The summed E-state index contributed by atoms with van der Waals surface area (Å²) in [5.41, 5.74) is -1.93. The number of aliphatic hydroxyl groups excluding tert-OH is 1. The number of nitrogens with zero attached hydrogens (tertiary/aromatic N) is 2. The summed E-state index contributed by atoms with van der Waals surface area (Å²) in [7, 11) is 3.79. The molecule has 0 unspecified atom stereocenters. The Morgan fingerprint density at radius 3 is 2.28 bits per heavy atom. The molecule has 0 aromatic carbocycles. The number of fused-ring (bicyclic) bond motifs is 5. The van der Waals surface area contributed by atoms with Crippen LogP contribution in [0, 0.1) is 23.7 Å². The predicted octanol–water partition coefficient (Wildman–Crippen LogP) is 3.47. The zero-order valence-corrected chi connectivity index (χ0v) is 32.1. The maximum atomic E-state index is 13.8. The molecule has 3 fully saturated rings. The van der Waals surface area contributed by atoms with Crippen molar-refractivity contribution in [3.8, 4) is 0 Å². The SMILES string of the molecule is C=C1CO[C@@H]2[C@@H](C)/C(=N/C(C)=O)[C@H](C)C[C@@](C)(OC1)[C@H](O[C@@H]1O[C@H](C)C[C@H](N(C)C)[C@H]1OC(C)=O)[C@@H](C)[C@H](O)[C@@H](C)C(=O)O[C@H](CC)[C@@]2(C)O. The molecule has 50 heavy (non-hydrogen) atoms. The second-order valence-corrected chi connectivity index (χ2v) is 15.4. The molecule has 0 saturated carbocycles. The van der Waals surface area contributed by atoms with Crippen molar-refractivity contribution in [3.63, 3.8) is 0 Å². The molecule has 0 spiro atoms. The Morgan fingerprint density at radius 1 is 1.08 bits per heavy atom. The van der Waals surface area contributed by atoms with E-state index in [9.17, 15) is 24.6 Å². The van der Waals surface area contributed by atoms with Crippen molar-refractivity contribution in [2.75, 3.05) is 27.3 Å². The molecule has 0 aromatic rings. The number of carbonyl (C=O) groups excluding carboxylic acids is 3. The van der Waals surface area contributed by atoms with Gasteiger partial charge in [0.25, 0.3) is 0 Å².